The number of carboxylic acids is 1. The maximum Gasteiger partial charge on any atom is 0.336 e. The van der Waals surface area contributed by atoms with E-state index in [-0.39, 0.29) is 0 Å². The molecule has 6 heteroatoms. The topological polar surface area (TPSA) is 80.9 Å². The lowest BCUT2D eigenvalue weighted by atomic mass is 9.84. The van der Waals surface area contributed by atoms with Gasteiger partial charge in [0.05, 0.1) is 22.5 Å². The second-order valence-corrected chi connectivity index (χ2v) is 11.1. The summed E-state index contributed by atoms with van der Waals surface area (Å²) >= 11 is 0. The first-order chi connectivity index (χ1) is 18.6. The van der Waals surface area contributed by atoms with Gasteiger partial charge in [-0.3, -0.25) is 0 Å². The summed E-state index contributed by atoms with van der Waals surface area (Å²) in [4.78, 5) is 16.8. The number of hydrogen-bond donors (Lipinski definition) is 1. The van der Waals surface area contributed by atoms with E-state index in [1.165, 1.54) is 69.7 Å². The average Bonchev–Trinajstić information content (AvgIpc) is 3.29. The molecule has 2 fully saturated rings. The van der Waals surface area contributed by atoms with Crippen LogP contribution in [0, 0.1) is 6.92 Å². The predicted molar refractivity (Wildman–Crippen MR) is 150 cm³/mol. The number of benzene rings is 2. The smallest absolute Gasteiger partial charge is 0.336 e. The number of aromatic nitrogens is 4. The summed E-state index contributed by atoms with van der Waals surface area (Å²) in [7, 11) is 0. The Kier molecular flexibility index (Phi) is 6.96. The van der Waals surface area contributed by atoms with E-state index in [9.17, 15) is 9.90 Å². The third-order valence-corrected chi connectivity index (χ3v) is 8.66. The van der Waals surface area contributed by atoms with Crippen LogP contribution in [0.4, 0.5) is 0 Å². The fraction of sp³-hybridized carbons (Fsp3) is 0.438. The van der Waals surface area contributed by atoms with Crippen molar-refractivity contribution in [3.05, 3.63) is 76.9 Å². The standard InChI is InChI=1S/C32H36N4O2/c1-21-33-30-28(24-10-4-2-5-11-24)34-35-29(25-12-6-3-7-13-25)31(30)36(21)20-22-16-18-23(19-17-22)26-14-8-9-15-27(26)32(37)38/h8-9,14-19,24-25H,2-7,10-13,20H2,1H3,(H,37,38). The molecular formula is C32H36N4O2. The zero-order chi connectivity index (χ0) is 26.1. The van der Waals surface area contributed by atoms with Crippen molar-refractivity contribution in [3.8, 4) is 11.1 Å². The van der Waals surface area contributed by atoms with Crippen LogP contribution in [0.3, 0.4) is 0 Å². The first kappa shape index (κ1) is 24.8. The summed E-state index contributed by atoms with van der Waals surface area (Å²) in [5.41, 5.74) is 7.61. The van der Waals surface area contributed by atoms with E-state index >= 15 is 0 Å². The van der Waals surface area contributed by atoms with Crippen molar-refractivity contribution in [2.45, 2.75) is 89.5 Å². The first-order valence-corrected chi connectivity index (χ1v) is 14.2. The lowest BCUT2D eigenvalue weighted by molar-refractivity contribution is 0.0697. The third-order valence-electron chi connectivity index (χ3n) is 8.66. The van der Waals surface area contributed by atoms with Gasteiger partial charge in [-0.05, 0) is 55.4 Å². The van der Waals surface area contributed by atoms with Crippen molar-refractivity contribution in [2.24, 2.45) is 0 Å². The maximum atomic E-state index is 11.7. The highest BCUT2D eigenvalue weighted by Crippen LogP contribution is 2.40. The van der Waals surface area contributed by atoms with Crippen molar-refractivity contribution in [1.82, 2.24) is 19.7 Å². The molecule has 6 nitrogen and oxygen atoms in total. The van der Waals surface area contributed by atoms with Gasteiger partial charge in [0.1, 0.15) is 11.3 Å². The largest absolute Gasteiger partial charge is 0.478 e. The number of fused-ring (bicyclic) bond motifs is 1. The van der Waals surface area contributed by atoms with Crippen LogP contribution in [0.25, 0.3) is 22.2 Å². The Bertz CT molecular complexity index is 1440. The molecule has 2 aromatic carbocycles. The van der Waals surface area contributed by atoms with Gasteiger partial charge in [-0.25, -0.2) is 9.78 Å². The van der Waals surface area contributed by atoms with Crippen LogP contribution in [-0.4, -0.2) is 30.8 Å². The van der Waals surface area contributed by atoms with Gasteiger partial charge in [-0.15, -0.1) is 0 Å². The van der Waals surface area contributed by atoms with Crippen LogP contribution in [0.1, 0.15) is 109 Å². The molecule has 6 rings (SSSR count). The van der Waals surface area contributed by atoms with Crippen LogP contribution >= 0.6 is 0 Å². The van der Waals surface area contributed by atoms with E-state index in [0.717, 1.165) is 39.4 Å². The molecule has 2 heterocycles. The number of aromatic carboxylic acids is 1. The number of carboxylic acid groups (broad SMARTS) is 1. The molecule has 0 amide bonds. The Hall–Kier alpha value is -3.54. The Morgan fingerprint density at radius 3 is 2.11 bits per heavy atom. The number of carbonyl (C=O) groups is 1. The van der Waals surface area contributed by atoms with Gasteiger partial charge in [0.2, 0.25) is 0 Å². The summed E-state index contributed by atoms with van der Waals surface area (Å²) in [6.45, 7) is 2.81. The van der Waals surface area contributed by atoms with Crippen LogP contribution in [0.5, 0.6) is 0 Å². The maximum absolute atomic E-state index is 11.7. The van der Waals surface area contributed by atoms with E-state index in [2.05, 4.69) is 23.6 Å². The molecule has 0 atom stereocenters. The highest BCUT2D eigenvalue weighted by molar-refractivity contribution is 5.96. The molecule has 38 heavy (non-hydrogen) atoms. The zero-order valence-electron chi connectivity index (χ0n) is 22.2. The van der Waals surface area contributed by atoms with Crippen molar-refractivity contribution in [2.75, 3.05) is 0 Å². The molecule has 2 saturated carbocycles. The number of hydrogen-bond acceptors (Lipinski definition) is 4. The molecule has 2 aliphatic rings. The van der Waals surface area contributed by atoms with Gasteiger partial charge in [0.25, 0.3) is 0 Å². The summed E-state index contributed by atoms with van der Waals surface area (Å²) < 4.78 is 2.35. The lowest BCUT2D eigenvalue weighted by Crippen LogP contribution is -2.14. The van der Waals surface area contributed by atoms with E-state index in [4.69, 9.17) is 15.2 Å². The highest BCUT2D eigenvalue weighted by Gasteiger charge is 2.28. The van der Waals surface area contributed by atoms with E-state index < -0.39 is 5.97 Å². The van der Waals surface area contributed by atoms with Crippen molar-refractivity contribution < 1.29 is 9.90 Å². The van der Waals surface area contributed by atoms with Crippen molar-refractivity contribution in [1.29, 1.82) is 0 Å². The average molecular weight is 509 g/mol. The zero-order valence-corrected chi connectivity index (χ0v) is 22.2. The number of imidazole rings is 1. The number of aryl methyl sites for hydroxylation is 1. The molecule has 4 aromatic rings. The minimum atomic E-state index is -0.907. The molecule has 196 valence electrons. The molecule has 0 spiro atoms. The quantitative estimate of drug-likeness (QED) is 0.289. The fourth-order valence-corrected chi connectivity index (χ4v) is 6.59. The lowest BCUT2D eigenvalue weighted by Gasteiger charge is -2.24. The van der Waals surface area contributed by atoms with Crippen molar-refractivity contribution in [3.63, 3.8) is 0 Å². The number of rotatable bonds is 6. The van der Waals surface area contributed by atoms with Gasteiger partial charge in [-0.2, -0.15) is 10.2 Å². The molecule has 2 aromatic heterocycles. The molecule has 2 aliphatic carbocycles. The second-order valence-electron chi connectivity index (χ2n) is 11.1. The van der Waals surface area contributed by atoms with Crippen molar-refractivity contribution >= 4 is 17.0 Å². The highest BCUT2D eigenvalue weighted by atomic mass is 16.4. The third kappa shape index (κ3) is 4.72. The predicted octanol–water partition coefficient (Wildman–Crippen LogP) is 7.64. The van der Waals surface area contributed by atoms with Gasteiger partial charge >= 0.3 is 5.97 Å². The minimum absolute atomic E-state index is 0.322. The molecule has 0 saturated heterocycles. The summed E-state index contributed by atoms with van der Waals surface area (Å²) in [6, 6.07) is 15.4. The van der Waals surface area contributed by atoms with Gasteiger partial charge in [-0.1, -0.05) is 81.0 Å². The molecule has 0 unspecified atom stereocenters. The van der Waals surface area contributed by atoms with Crippen LogP contribution in [0.2, 0.25) is 0 Å². The molecule has 0 bridgehead atoms. The van der Waals surface area contributed by atoms with E-state index in [1.807, 2.05) is 24.3 Å². The SMILES string of the molecule is Cc1nc2c(C3CCCCC3)nnc(C3CCCCC3)c2n1Cc1ccc(-c2ccccc2C(=O)O)cc1. The number of nitrogens with zero attached hydrogens (tertiary/aromatic N) is 4. The van der Waals surface area contributed by atoms with Crippen LogP contribution in [-0.2, 0) is 6.54 Å². The summed E-state index contributed by atoms with van der Waals surface area (Å²) in [6.07, 6.45) is 12.4. The molecular weight excluding hydrogens is 472 g/mol. The second kappa shape index (κ2) is 10.7. The normalized spacial score (nSPS) is 17.2. The van der Waals surface area contributed by atoms with Gasteiger partial charge in [0, 0.05) is 18.4 Å². The molecule has 1 N–H and O–H groups in total. The Labute approximate surface area is 224 Å². The van der Waals surface area contributed by atoms with Crippen LogP contribution < -0.4 is 0 Å². The monoisotopic (exact) mass is 508 g/mol. The molecule has 0 radical (unpaired) electrons. The Balaban J connectivity index is 1.39. The summed E-state index contributed by atoms with van der Waals surface area (Å²) in [5, 5.41) is 19.4. The van der Waals surface area contributed by atoms with Crippen LogP contribution in [0.15, 0.2) is 48.5 Å². The Morgan fingerprint density at radius 1 is 0.842 bits per heavy atom. The minimum Gasteiger partial charge on any atom is -0.478 e. The first-order valence-electron chi connectivity index (χ1n) is 14.2. The van der Waals surface area contributed by atoms with E-state index in [0.29, 0.717) is 23.9 Å². The van der Waals surface area contributed by atoms with E-state index in [1.54, 1.807) is 12.1 Å². The fourth-order valence-electron chi connectivity index (χ4n) is 6.59. The van der Waals surface area contributed by atoms with Gasteiger partial charge < -0.3 is 9.67 Å². The summed E-state index contributed by atoms with van der Waals surface area (Å²) in [5.74, 6) is 0.999. The van der Waals surface area contributed by atoms with Gasteiger partial charge in [0.15, 0.2) is 0 Å². The molecule has 0 aliphatic heterocycles. The Morgan fingerprint density at radius 2 is 1.45 bits per heavy atom.